The number of hydrogen-bond acceptors (Lipinski definition) is 6. The van der Waals surface area contributed by atoms with E-state index in [0.717, 1.165) is 12.8 Å². The average molecular weight is 441 g/mol. The van der Waals surface area contributed by atoms with Crippen LogP contribution in [0.5, 0.6) is 17.2 Å². The predicted molar refractivity (Wildman–Crippen MR) is 121 cm³/mol. The molecule has 170 valence electrons. The molecule has 1 aromatic heterocycles. The van der Waals surface area contributed by atoms with E-state index in [2.05, 4.69) is 0 Å². The third-order valence-corrected chi connectivity index (χ3v) is 4.64. The molecule has 0 fully saturated rings. The Morgan fingerprint density at radius 1 is 0.938 bits per heavy atom. The van der Waals surface area contributed by atoms with Crippen LogP contribution in [0.25, 0.3) is 16.6 Å². The molecule has 0 saturated carbocycles. The molecule has 0 amide bonds. The summed E-state index contributed by atoms with van der Waals surface area (Å²) in [6.45, 7) is 5.11. The number of fused-ring (bicyclic) bond motifs is 1. The molecule has 0 spiro atoms. The lowest BCUT2D eigenvalue weighted by molar-refractivity contribution is 0.0512. The Hall–Kier alpha value is -3.52. The minimum absolute atomic E-state index is 0.0400. The minimum atomic E-state index is -1.30. The largest absolute Gasteiger partial charge is 0.493 e. The number of aromatic nitrogens is 1. The Labute approximate surface area is 185 Å². The highest BCUT2D eigenvalue weighted by atomic mass is 16.7. The summed E-state index contributed by atoms with van der Waals surface area (Å²) >= 11 is 0. The van der Waals surface area contributed by atoms with Gasteiger partial charge < -0.3 is 28.6 Å². The van der Waals surface area contributed by atoms with Gasteiger partial charge in [0.25, 0.3) is 0 Å². The van der Waals surface area contributed by atoms with Crippen LogP contribution in [0.4, 0.5) is 0 Å². The lowest BCUT2D eigenvalue weighted by Crippen LogP contribution is -2.18. The van der Waals surface area contributed by atoms with Gasteiger partial charge in [-0.05, 0) is 25.0 Å². The second-order valence-electron chi connectivity index (χ2n) is 7.14. The first kappa shape index (κ1) is 23.1. The molecule has 8 heteroatoms. The van der Waals surface area contributed by atoms with Crippen LogP contribution in [0.2, 0.25) is 0 Å². The predicted octanol–water partition coefficient (Wildman–Crippen LogP) is 4.25. The van der Waals surface area contributed by atoms with Crippen molar-refractivity contribution in [1.29, 1.82) is 0 Å². The van der Waals surface area contributed by atoms with Gasteiger partial charge in [0.05, 0.1) is 24.4 Å². The van der Waals surface area contributed by atoms with Crippen LogP contribution < -0.4 is 19.6 Å². The maximum atomic E-state index is 12.8. The quantitative estimate of drug-likeness (QED) is 0.444. The van der Waals surface area contributed by atoms with Crippen molar-refractivity contribution < 1.29 is 28.8 Å². The van der Waals surface area contributed by atoms with Crippen molar-refractivity contribution in [3.8, 4) is 22.9 Å². The van der Waals surface area contributed by atoms with Gasteiger partial charge in [0.1, 0.15) is 22.8 Å². The Kier molecular flexibility index (Phi) is 7.72. The average Bonchev–Trinajstić information content (AvgIpc) is 2.79. The van der Waals surface area contributed by atoms with Crippen LogP contribution in [-0.2, 0) is 4.74 Å². The zero-order valence-electron chi connectivity index (χ0n) is 18.4. The van der Waals surface area contributed by atoms with Gasteiger partial charge in [0.2, 0.25) is 5.43 Å². The van der Waals surface area contributed by atoms with Crippen molar-refractivity contribution in [3.05, 3.63) is 58.4 Å². The van der Waals surface area contributed by atoms with Gasteiger partial charge in [0.15, 0.2) is 6.79 Å². The number of nitrogens with zero attached hydrogens (tertiary/aromatic N) is 1. The first-order valence-corrected chi connectivity index (χ1v) is 10.4. The molecule has 0 bridgehead atoms. The number of carbonyl (C=O) groups is 1. The fourth-order valence-corrected chi connectivity index (χ4v) is 3.19. The lowest BCUT2D eigenvalue weighted by atomic mass is 10.1. The second kappa shape index (κ2) is 10.7. The molecule has 3 rings (SSSR count). The zero-order valence-corrected chi connectivity index (χ0v) is 18.4. The van der Waals surface area contributed by atoms with Gasteiger partial charge in [-0.25, -0.2) is 4.79 Å². The molecule has 3 aromatic rings. The number of methoxy groups -OCH3 is 1. The number of benzene rings is 2. The van der Waals surface area contributed by atoms with E-state index >= 15 is 0 Å². The molecule has 0 aliphatic heterocycles. The second-order valence-corrected chi connectivity index (χ2v) is 7.14. The van der Waals surface area contributed by atoms with Crippen molar-refractivity contribution in [2.24, 2.45) is 0 Å². The van der Waals surface area contributed by atoms with Gasteiger partial charge in [-0.15, -0.1) is 0 Å². The lowest BCUT2D eigenvalue weighted by Gasteiger charge is -2.17. The molecule has 0 radical (unpaired) electrons. The van der Waals surface area contributed by atoms with Crippen LogP contribution in [0.1, 0.15) is 37.0 Å². The first-order chi connectivity index (χ1) is 15.5. The topological polar surface area (TPSA) is 96.2 Å². The number of rotatable bonds is 11. The van der Waals surface area contributed by atoms with E-state index < -0.39 is 11.4 Å². The van der Waals surface area contributed by atoms with E-state index in [0.29, 0.717) is 41.7 Å². The molecule has 1 N–H and O–H groups in total. The Balaban J connectivity index is 2.25. The highest BCUT2D eigenvalue weighted by molar-refractivity contribution is 5.93. The van der Waals surface area contributed by atoms with Gasteiger partial charge in [-0.2, -0.15) is 0 Å². The summed E-state index contributed by atoms with van der Waals surface area (Å²) < 4.78 is 23.7. The van der Waals surface area contributed by atoms with Crippen molar-refractivity contribution in [1.82, 2.24) is 4.57 Å². The highest BCUT2D eigenvalue weighted by Gasteiger charge is 2.17. The van der Waals surface area contributed by atoms with Crippen molar-refractivity contribution in [2.75, 3.05) is 27.1 Å². The fourth-order valence-electron chi connectivity index (χ4n) is 3.19. The summed E-state index contributed by atoms with van der Waals surface area (Å²) in [4.78, 5) is 24.6. The maximum Gasteiger partial charge on any atom is 0.341 e. The first-order valence-electron chi connectivity index (χ1n) is 10.4. The molecule has 1 heterocycles. The molecule has 2 aromatic carbocycles. The molecular weight excluding hydrogens is 414 g/mol. The van der Waals surface area contributed by atoms with Crippen LogP contribution in [0.15, 0.2) is 47.4 Å². The molecule has 0 unspecified atom stereocenters. The zero-order chi connectivity index (χ0) is 23.1. The van der Waals surface area contributed by atoms with Crippen LogP contribution in [0, 0.1) is 0 Å². The third-order valence-electron chi connectivity index (χ3n) is 4.64. The third kappa shape index (κ3) is 5.20. The minimum Gasteiger partial charge on any atom is -0.493 e. The van der Waals surface area contributed by atoms with E-state index in [1.54, 1.807) is 41.0 Å². The van der Waals surface area contributed by atoms with Crippen LogP contribution in [0.3, 0.4) is 0 Å². The fraction of sp³-hybridized carbons (Fsp3) is 0.333. The number of aromatic carboxylic acids is 1. The van der Waals surface area contributed by atoms with E-state index in [1.165, 1.54) is 13.3 Å². The Morgan fingerprint density at radius 3 is 2.16 bits per heavy atom. The summed E-state index contributed by atoms with van der Waals surface area (Å²) in [7, 11) is 1.51. The number of hydrogen-bond donors (Lipinski definition) is 1. The summed E-state index contributed by atoms with van der Waals surface area (Å²) in [5.74, 6) is 0.361. The number of pyridine rings is 1. The summed E-state index contributed by atoms with van der Waals surface area (Å²) in [5, 5.41) is 9.86. The standard InChI is InChI=1S/C24H27NO7/c1-4-8-30-18-10-16(11-19(12-18)31-9-5-2)25-14-21(24(27)28)23(26)20-7-6-17(13-22(20)25)32-15-29-3/h6-7,10-14H,4-5,8-9,15H2,1-3H3,(H,27,28). The highest BCUT2D eigenvalue weighted by Crippen LogP contribution is 2.29. The van der Waals surface area contributed by atoms with E-state index in [-0.39, 0.29) is 17.7 Å². The number of carboxylic acids is 1. The van der Waals surface area contributed by atoms with E-state index in [4.69, 9.17) is 18.9 Å². The van der Waals surface area contributed by atoms with Crippen molar-refractivity contribution in [3.63, 3.8) is 0 Å². The maximum absolute atomic E-state index is 12.8. The molecular formula is C24H27NO7. The van der Waals surface area contributed by atoms with Gasteiger partial charge in [-0.3, -0.25) is 4.79 Å². The molecule has 8 nitrogen and oxygen atoms in total. The number of carboxylic acid groups (broad SMARTS) is 1. The van der Waals surface area contributed by atoms with Crippen molar-refractivity contribution >= 4 is 16.9 Å². The van der Waals surface area contributed by atoms with Crippen LogP contribution in [-0.4, -0.2) is 42.8 Å². The van der Waals surface area contributed by atoms with Gasteiger partial charge in [0, 0.05) is 43.0 Å². The van der Waals surface area contributed by atoms with Crippen LogP contribution >= 0.6 is 0 Å². The monoisotopic (exact) mass is 441 g/mol. The van der Waals surface area contributed by atoms with Crippen molar-refractivity contribution in [2.45, 2.75) is 26.7 Å². The summed E-state index contributed by atoms with van der Waals surface area (Å²) in [5.41, 5.74) is 0.186. The molecule has 32 heavy (non-hydrogen) atoms. The smallest absolute Gasteiger partial charge is 0.341 e. The van der Waals surface area contributed by atoms with E-state index in [9.17, 15) is 14.7 Å². The van der Waals surface area contributed by atoms with Gasteiger partial charge >= 0.3 is 5.97 Å². The molecule has 0 aliphatic carbocycles. The molecule has 0 saturated heterocycles. The SMILES string of the molecule is CCCOc1cc(OCCC)cc(-n2cc(C(=O)O)c(=O)c3ccc(OCOC)cc32)c1. The number of ether oxygens (including phenoxy) is 4. The summed E-state index contributed by atoms with van der Waals surface area (Å²) in [6, 6.07) is 10.2. The van der Waals surface area contributed by atoms with E-state index in [1.807, 2.05) is 13.8 Å². The normalized spacial score (nSPS) is 10.8. The Bertz CT molecular complexity index is 1130. The Morgan fingerprint density at radius 2 is 1.59 bits per heavy atom. The molecule has 0 atom stereocenters. The van der Waals surface area contributed by atoms with Gasteiger partial charge in [-0.1, -0.05) is 13.8 Å². The molecule has 0 aliphatic rings. The summed E-state index contributed by atoms with van der Waals surface area (Å²) in [6.07, 6.45) is 2.98.